The molecule has 0 bridgehead atoms. The van der Waals surface area contributed by atoms with Gasteiger partial charge < -0.3 is 20.3 Å². The van der Waals surface area contributed by atoms with Crippen molar-refractivity contribution in [3.63, 3.8) is 0 Å². The highest BCUT2D eigenvalue weighted by Gasteiger charge is 2.10. The summed E-state index contributed by atoms with van der Waals surface area (Å²) in [5, 5.41) is 6.60. The third-order valence-electron chi connectivity index (χ3n) is 4.29. The summed E-state index contributed by atoms with van der Waals surface area (Å²) in [5.41, 5.74) is 1.76. The molecule has 7 heteroatoms. The molecule has 1 amide bonds. The first-order valence-corrected chi connectivity index (χ1v) is 9.50. The van der Waals surface area contributed by atoms with E-state index in [1.165, 1.54) is 0 Å². The molecule has 0 aliphatic carbocycles. The van der Waals surface area contributed by atoms with Gasteiger partial charge in [0.15, 0.2) is 5.96 Å². The van der Waals surface area contributed by atoms with Crippen LogP contribution in [0.25, 0.3) is 0 Å². The summed E-state index contributed by atoms with van der Waals surface area (Å²) in [6.45, 7) is 3.37. The van der Waals surface area contributed by atoms with Crippen LogP contribution >= 0.6 is 24.0 Å². The summed E-state index contributed by atoms with van der Waals surface area (Å²) in [5.74, 6) is 1.58. The lowest BCUT2D eigenvalue weighted by atomic mass is 10.1. The zero-order chi connectivity index (χ0) is 20.4. The third-order valence-corrected chi connectivity index (χ3v) is 4.29. The van der Waals surface area contributed by atoms with E-state index in [4.69, 9.17) is 4.74 Å². The molecule has 158 valence electrons. The molecule has 2 aromatic rings. The molecule has 0 saturated carbocycles. The molecule has 2 N–H and O–H groups in total. The van der Waals surface area contributed by atoms with Crippen molar-refractivity contribution >= 4 is 35.8 Å². The van der Waals surface area contributed by atoms with Crippen LogP contribution < -0.4 is 15.4 Å². The molecule has 2 aromatic carbocycles. The number of rotatable bonds is 8. The van der Waals surface area contributed by atoms with Gasteiger partial charge in [0.2, 0.25) is 0 Å². The maximum absolute atomic E-state index is 11.9. The number of nitrogens with one attached hydrogen (secondary N) is 2. The molecule has 0 fully saturated rings. The summed E-state index contributed by atoms with van der Waals surface area (Å²) < 4.78 is 5.99. The van der Waals surface area contributed by atoms with E-state index in [1.54, 1.807) is 26.0 Å². The van der Waals surface area contributed by atoms with Crippen molar-refractivity contribution in [1.82, 2.24) is 15.5 Å². The number of carbonyl (C=O) groups is 1. The zero-order valence-corrected chi connectivity index (χ0v) is 19.8. The lowest BCUT2D eigenvalue weighted by Gasteiger charge is -2.20. The average Bonchev–Trinajstić information content (AvgIpc) is 2.73. The summed E-state index contributed by atoms with van der Waals surface area (Å²) in [6.07, 6.45) is 0.942. The standard InChI is InChI=1S/C22H30N4O2.HI/c1-5-19(28-20-9-7-6-8-10-20)16-25-22(23-2)24-15-17-11-13-18(14-12-17)21(27)26(3)4;/h6-14,19H,5,15-16H2,1-4H3,(H2,23,24,25);1H. The van der Waals surface area contributed by atoms with E-state index in [2.05, 4.69) is 22.5 Å². The van der Waals surface area contributed by atoms with E-state index in [0.29, 0.717) is 24.6 Å². The van der Waals surface area contributed by atoms with Crippen LogP contribution in [0.4, 0.5) is 0 Å². The molecule has 1 unspecified atom stereocenters. The number of hydrogen-bond donors (Lipinski definition) is 2. The normalized spacial score (nSPS) is 11.8. The number of nitrogens with zero attached hydrogens (tertiary/aromatic N) is 2. The molecule has 0 aromatic heterocycles. The van der Waals surface area contributed by atoms with Crippen molar-refractivity contribution in [1.29, 1.82) is 0 Å². The van der Waals surface area contributed by atoms with Gasteiger partial charge in [0.05, 0.1) is 6.54 Å². The first-order valence-electron chi connectivity index (χ1n) is 9.50. The topological polar surface area (TPSA) is 66.0 Å². The highest BCUT2D eigenvalue weighted by Crippen LogP contribution is 2.12. The first-order chi connectivity index (χ1) is 13.5. The van der Waals surface area contributed by atoms with Crippen LogP contribution in [0.3, 0.4) is 0 Å². The number of ether oxygens (including phenoxy) is 1. The van der Waals surface area contributed by atoms with Gasteiger partial charge in [-0.05, 0) is 36.2 Å². The highest BCUT2D eigenvalue weighted by atomic mass is 127. The van der Waals surface area contributed by atoms with E-state index < -0.39 is 0 Å². The largest absolute Gasteiger partial charge is 0.489 e. The summed E-state index contributed by atoms with van der Waals surface area (Å²) in [7, 11) is 5.24. The Hall–Kier alpha value is -2.29. The van der Waals surface area contributed by atoms with Gasteiger partial charge in [0.1, 0.15) is 11.9 Å². The van der Waals surface area contributed by atoms with Crippen molar-refractivity contribution in [2.24, 2.45) is 4.99 Å². The van der Waals surface area contributed by atoms with Gasteiger partial charge in [-0.15, -0.1) is 24.0 Å². The predicted octanol–water partition coefficient (Wildman–Crippen LogP) is 3.53. The second kappa shape index (κ2) is 13.0. The Morgan fingerprint density at radius 1 is 1.07 bits per heavy atom. The maximum Gasteiger partial charge on any atom is 0.253 e. The second-order valence-electron chi connectivity index (χ2n) is 6.66. The van der Waals surface area contributed by atoms with Crippen LogP contribution in [0.2, 0.25) is 0 Å². The van der Waals surface area contributed by atoms with E-state index in [9.17, 15) is 4.79 Å². The van der Waals surface area contributed by atoms with E-state index in [1.807, 2.05) is 54.6 Å². The number of benzene rings is 2. The Balaban J connectivity index is 0.00000420. The van der Waals surface area contributed by atoms with Crippen molar-refractivity contribution in [2.75, 3.05) is 27.7 Å². The first kappa shape index (κ1) is 24.7. The lowest BCUT2D eigenvalue weighted by Crippen LogP contribution is -2.42. The summed E-state index contributed by atoms with van der Waals surface area (Å²) >= 11 is 0. The van der Waals surface area contributed by atoms with Crippen LogP contribution in [0, 0.1) is 0 Å². The molecule has 1 atom stereocenters. The van der Waals surface area contributed by atoms with Gasteiger partial charge in [-0.2, -0.15) is 0 Å². The maximum atomic E-state index is 11.9. The SMILES string of the molecule is CCC(CNC(=NC)NCc1ccc(C(=O)N(C)C)cc1)Oc1ccccc1.I. The third kappa shape index (κ3) is 8.31. The molecular formula is C22H31IN4O2. The molecule has 0 aliphatic heterocycles. The Morgan fingerprint density at radius 3 is 2.28 bits per heavy atom. The minimum Gasteiger partial charge on any atom is -0.489 e. The number of aliphatic imine (C=N–C) groups is 1. The van der Waals surface area contributed by atoms with Gasteiger partial charge in [-0.25, -0.2) is 0 Å². The Morgan fingerprint density at radius 2 is 1.72 bits per heavy atom. The van der Waals surface area contributed by atoms with Crippen molar-refractivity contribution in [3.8, 4) is 5.75 Å². The van der Waals surface area contributed by atoms with Crippen LogP contribution in [0.5, 0.6) is 5.75 Å². The number of para-hydroxylation sites is 1. The minimum absolute atomic E-state index is 0. The van der Waals surface area contributed by atoms with E-state index >= 15 is 0 Å². The molecule has 0 spiro atoms. The molecule has 0 aliphatic rings. The quantitative estimate of drug-likeness (QED) is 0.324. The number of halogens is 1. The fourth-order valence-electron chi connectivity index (χ4n) is 2.60. The van der Waals surface area contributed by atoms with Crippen LogP contribution in [-0.4, -0.2) is 50.6 Å². The van der Waals surface area contributed by atoms with Gasteiger partial charge >= 0.3 is 0 Å². The Kier molecular flexibility index (Phi) is 11.1. The molecule has 29 heavy (non-hydrogen) atoms. The van der Waals surface area contributed by atoms with Crippen molar-refractivity contribution < 1.29 is 9.53 Å². The average molecular weight is 510 g/mol. The number of guanidine groups is 1. The number of carbonyl (C=O) groups excluding carboxylic acids is 1. The highest BCUT2D eigenvalue weighted by molar-refractivity contribution is 14.0. The van der Waals surface area contributed by atoms with Crippen molar-refractivity contribution in [3.05, 3.63) is 65.7 Å². The Labute approximate surface area is 190 Å². The van der Waals surface area contributed by atoms with Gasteiger partial charge in [0, 0.05) is 33.3 Å². The second-order valence-corrected chi connectivity index (χ2v) is 6.66. The number of amides is 1. The fraction of sp³-hybridized carbons (Fsp3) is 0.364. The molecule has 6 nitrogen and oxygen atoms in total. The molecular weight excluding hydrogens is 479 g/mol. The summed E-state index contributed by atoms with van der Waals surface area (Å²) in [4.78, 5) is 17.8. The zero-order valence-electron chi connectivity index (χ0n) is 17.5. The van der Waals surface area contributed by atoms with Gasteiger partial charge in [-0.3, -0.25) is 9.79 Å². The van der Waals surface area contributed by atoms with Crippen LogP contribution in [-0.2, 0) is 6.54 Å². The summed E-state index contributed by atoms with van der Waals surface area (Å²) in [6, 6.07) is 17.4. The monoisotopic (exact) mass is 510 g/mol. The van der Waals surface area contributed by atoms with Crippen LogP contribution in [0.1, 0.15) is 29.3 Å². The number of hydrogen-bond acceptors (Lipinski definition) is 3. The van der Waals surface area contributed by atoms with Crippen LogP contribution in [0.15, 0.2) is 59.6 Å². The molecule has 0 saturated heterocycles. The van der Waals surface area contributed by atoms with E-state index in [-0.39, 0.29) is 36.0 Å². The lowest BCUT2D eigenvalue weighted by molar-refractivity contribution is 0.0827. The smallest absolute Gasteiger partial charge is 0.253 e. The van der Waals surface area contributed by atoms with Gasteiger partial charge in [-0.1, -0.05) is 37.3 Å². The minimum atomic E-state index is 0. The Bertz CT molecular complexity index is 764. The van der Waals surface area contributed by atoms with Gasteiger partial charge in [0.25, 0.3) is 5.91 Å². The van der Waals surface area contributed by atoms with E-state index in [0.717, 1.165) is 17.7 Å². The fourth-order valence-corrected chi connectivity index (χ4v) is 2.60. The molecule has 0 radical (unpaired) electrons. The van der Waals surface area contributed by atoms with Crippen molar-refractivity contribution in [2.45, 2.75) is 26.0 Å². The predicted molar refractivity (Wildman–Crippen MR) is 129 cm³/mol. The molecule has 2 rings (SSSR count). The molecule has 0 heterocycles.